The third-order valence-electron chi connectivity index (χ3n) is 3.43. The number of hydrogen-bond acceptors (Lipinski definition) is 4. The highest BCUT2D eigenvalue weighted by atomic mass is 32.1. The highest BCUT2D eigenvalue weighted by molar-refractivity contribution is 7.14. The number of hydrogen-bond donors (Lipinski definition) is 0. The number of fused-ring (bicyclic) bond motifs is 1. The second-order valence-electron chi connectivity index (χ2n) is 4.82. The molecule has 4 nitrogen and oxygen atoms in total. The highest BCUT2D eigenvalue weighted by Gasteiger charge is 2.20. The molecule has 19 heavy (non-hydrogen) atoms. The van der Waals surface area contributed by atoms with Gasteiger partial charge in [0.1, 0.15) is 0 Å². The van der Waals surface area contributed by atoms with Crippen molar-refractivity contribution in [1.29, 1.82) is 0 Å². The van der Waals surface area contributed by atoms with Crippen molar-refractivity contribution in [2.75, 3.05) is 20.7 Å². The van der Waals surface area contributed by atoms with Crippen molar-refractivity contribution in [3.63, 3.8) is 0 Å². The Morgan fingerprint density at radius 3 is 2.79 bits per heavy atom. The second-order valence-corrected chi connectivity index (χ2v) is 5.96. The Kier molecular flexibility index (Phi) is 4.58. The monoisotopic (exact) mass is 281 g/mol. The number of nitrogens with zero attached hydrogens (tertiary/aromatic N) is 1. The van der Waals surface area contributed by atoms with Crippen LogP contribution in [0.3, 0.4) is 0 Å². The number of esters is 1. The maximum absolute atomic E-state index is 12.2. The van der Waals surface area contributed by atoms with Crippen LogP contribution in [-0.2, 0) is 22.4 Å². The summed E-state index contributed by atoms with van der Waals surface area (Å²) >= 11 is 1.60. The molecule has 0 saturated heterocycles. The van der Waals surface area contributed by atoms with Crippen molar-refractivity contribution < 1.29 is 14.3 Å². The minimum atomic E-state index is -0.287. The van der Waals surface area contributed by atoms with Crippen molar-refractivity contribution in [2.24, 2.45) is 0 Å². The standard InChI is InChI=1S/C14H19NO3S/c1-15(8-7-13(16)18-2)14(17)12-9-10-5-3-4-6-11(10)19-12/h9H,3-8H2,1-2H3. The van der Waals surface area contributed by atoms with Crippen molar-refractivity contribution in [2.45, 2.75) is 32.1 Å². The number of methoxy groups -OCH3 is 1. The number of amides is 1. The van der Waals surface area contributed by atoms with Gasteiger partial charge in [0.25, 0.3) is 5.91 Å². The molecule has 1 heterocycles. The average molecular weight is 281 g/mol. The van der Waals surface area contributed by atoms with Gasteiger partial charge in [-0.05, 0) is 37.3 Å². The Morgan fingerprint density at radius 2 is 2.11 bits per heavy atom. The Morgan fingerprint density at radius 1 is 1.37 bits per heavy atom. The molecule has 0 aromatic carbocycles. The molecule has 1 aromatic rings. The predicted molar refractivity (Wildman–Crippen MR) is 74.6 cm³/mol. The predicted octanol–water partition coefficient (Wildman–Crippen LogP) is 2.26. The lowest BCUT2D eigenvalue weighted by Crippen LogP contribution is -2.28. The van der Waals surface area contributed by atoms with Gasteiger partial charge in [-0.15, -0.1) is 11.3 Å². The van der Waals surface area contributed by atoms with Crippen molar-refractivity contribution in [3.8, 4) is 0 Å². The molecule has 1 aromatic heterocycles. The fourth-order valence-electron chi connectivity index (χ4n) is 2.25. The number of carbonyl (C=O) groups excluding carboxylic acids is 2. The molecule has 2 rings (SSSR count). The summed E-state index contributed by atoms with van der Waals surface area (Å²) in [7, 11) is 3.08. The van der Waals surface area contributed by atoms with Crippen LogP contribution in [0.25, 0.3) is 0 Å². The summed E-state index contributed by atoms with van der Waals surface area (Å²) in [4.78, 5) is 27.1. The fraction of sp³-hybridized carbons (Fsp3) is 0.571. The first kappa shape index (κ1) is 14.1. The number of aryl methyl sites for hydroxylation is 2. The Hall–Kier alpha value is -1.36. The van der Waals surface area contributed by atoms with Crippen LogP contribution in [0, 0.1) is 0 Å². The topological polar surface area (TPSA) is 46.6 Å². The minimum absolute atomic E-state index is 0.00306. The zero-order chi connectivity index (χ0) is 13.8. The van der Waals surface area contributed by atoms with Crippen molar-refractivity contribution >= 4 is 23.2 Å². The molecule has 1 aliphatic rings. The zero-order valence-electron chi connectivity index (χ0n) is 11.4. The second kappa shape index (κ2) is 6.19. The first-order valence-corrected chi connectivity index (χ1v) is 7.37. The summed E-state index contributed by atoms with van der Waals surface area (Å²) in [6, 6.07) is 2.02. The van der Waals surface area contributed by atoms with E-state index in [1.165, 1.54) is 30.4 Å². The molecule has 0 spiro atoms. The molecule has 5 heteroatoms. The maximum atomic E-state index is 12.2. The van der Waals surface area contributed by atoms with E-state index in [1.807, 2.05) is 6.07 Å². The van der Waals surface area contributed by atoms with Crippen LogP contribution >= 0.6 is 11.3 Å². The van der Waals surface area contributed by atoms with Gasteiger partial charge in [0.05, 0.1) is 18.4 Å². The van der Waals surface area contributed by atoms with E-state index in [-0.39, 0.29) is 18.3 Å². The smallest absolute Gasteiger partial charge is 0.307 e. The summed E-state index contributed by atoms with van der Waals surface area (Å²) in [5, 5.41) is 0. The van der Waals surface area contributed by atoms with Gasteiger partial charge in [0.2, 0.25) is 0 Å². The summed E-state index contributed by atoms with van der Waals surface area (Å²) < 4.78 is 4.58. The van der Waals surface area contributed by atoms with E-state index < -0.39 is 0 Å². The molecule has 0 unspecified atom stereocenters. The van der Waals surface area contributed by atoms with Crippen molar-refractivity contribution in [3.05, 3.63) is 21.4 Å². The molecule has 1 amide bonds. The lowest BCUT2D eigenvalue weighted by Gasteiger charge is -2.15. The quantitative estimate of drug-likeness (QED) is 0.795. The van der Waals surface area contributed by atoms with Crippen LogP contribution in [0.1, 0.15) is 39.4 Å². The third kappa shape index (κ3) is 3.35. The number of ether oxygens (including phenoxy) is 1. The number of carbonyl (C=O) groups is 2. The SMILES string of the molecule is COC(=O)CCN(C)C(=O)c1cc2c(s1)CCCC2. The molecule has 0 fully saturated rings. The van der Waals surface area contributed by atoms with Gasteiger partial charge >= 0.3 is 5.97 Å². The summed E-state index contributed by atoms with van der Waals surface area (Å²) in [6.07, 6.45) is 4.86. The molecule has 0 atom stereocenters. The normalized spacial score (nSPS) is 13.8. The van der Waals surface area contributed by atoms with Crippen LogP contribution in [0.2, 0.25) is 0 Å². The highest BCUT2D eigenvalue weighted by Crippen LogP contribution is 2.30. The molecule has 0 bridgehead atoms. The van der Waals surface area contributed by atoms with E-state index >= 15 is 0 Å². The van der Waals surface area contributed by atoms with E-state index in [0.29, 0.717) is 6.54 Å². The van der Waals surface area contributed by atoms with Gasteiger partial charge in [-0.1, -0.05) is 0 Å². The summed E-state index contributed by atoms with van der Waals surface area (Å²) in [5.41, 5.74) is 1.33. The number of thiophene rings is 1. The van der Waals surface area contributed by atoms with Crippen LogP contribution < -0.4 is 0 Å². The summed E-state index contributed by atoms with van der Waals surface area (Å²) in [5.74, 6) is -0.284. The van der Waals surface area contributed by atoms with Gasteiger partial charge < -0.3 is 9.64 Å². The van der Waals surface area contributed by atoms with E-state index in [2.05, 4.69) is 4.74 Å². The Bertz CT molecular complexity index is 458. The van der Waals surface area contributed by atoms with Gasteiger partial charge in [-0.3, -0.25) is 9.59 Å². The van der Waals surface area contributed by atoms with E-state index in [4.69, 9.17) is 0 Å². The van der Waals surface area contributed by atoms with E-state index in [0.717, 1.165) is 17.7 Å². The van der Waals surface area contributed by atoms with Crippen LogP contribution in [-0.4, -0.2) is 37.5 Å². The maximum Gasteiger partial charge on any atom is 0.307 e. The summed E-state index contributed by atoms with van der Waals surface area (Å²) in [6.45, 7) is 0.397. The fourth-order valence-corrected chi connectivity index (χ4v) is 3.50. The Labute approximate surface area is 117 Å². The largest absolute Gasteiger partial charge is 0.469 e. The molecule has 0 saturated carbocycles. The molecule has 0 aliphatic heterocycles. The van der Waals surface area contributed by atoms with Gasteiger partial charge in [0.15, 0.2) is 0 Å². The third-order valence-corrected chi connectivity index (χ3v) is 4.66. The zero-order valence-corrected chi connectivity index (χ0v) is 12.2. The van der Waals surface area contributed by atoms with Gasteiger partial charge in [-0.2, -0.15) is 0 Å². The number of rotatable bonds is 4. The first-order valence-electron chi connectivity index (χ1n) is 6.55. The minimum Gasteiger partial charge on any atom is -0.469 e. The lowest BCUT2D eigenvalue weighted by atomic mass is 9.99. The van der Waals surface area contributed by atoms with Crippen LogP contribution in [0.15, 0.2) is 6.07 Å². The van der Waals surface area contributed by atoms with E-state index in [1.54, 1.807) is 23.3 Å². The van der Waals surface area contributed by atoms with Crippen LogP contribution in [0.4, 0.5) is 0 Å². The molecule has 0 N–H and O–H groups in total. The molecular weight excluding hydrogens is 262 g/mol. The molecule has 104 valence electrons. The first-order chi connectivity index (χ1) is 9.11. The Balaban J connectivity index is 1.98. The van der Waals surface area contributed by atoms with Crippen molar-refractivity contribution in [1.82, 2.24) is 4.90 Å². The lowest BCUT2D eigenvalue weighted by molar-refractivity contribution is -0.140. The molecule has 0 radical (unpaired) electrons. The molecule has 1 aliphatic carbocycles. The molecular formula is C14H19NO3S. The van der Waals surface area contributed by atoms with Crippen LogP contribution in [0.5, 0.6) is 0 Å². The average Bonchev–Trinajstić information content (AvgIpc) is 2.87. The van der Waals surface area contributed by atoms with E-state index in [9.17, 15) is 9.59 Å². The van der Waals surface area contributed by atoms with Gasteiger partial charge in [0, 0.05) is 18.5 Å². The van der Waals surface area contributed by atoms with Gasteiger partial charge in [-0.25, -0.2) is 0 Å².